The smallest absolute Gasteiger partial charge is 0.271 e. The lowest BCUT2D eigenvalue weighted by atomic mass is 10.1. The largest absolute Gasteiger partial charge is 0.361 e. The number of thiocarbonyl (C=S) groups is 1. The monoisotopic (exact) mass is 406 g/mol. The Labute approximate surface area is 169 Å². The molecule has 2 aromatic carbocycles. The van der Waals surface area contributed by atoms with Crippen molar-refractivity contribution >= 4 is 40.3 Å². The quantitative estimate of drug-likeness (QED) is 0.378. The third kappa shape index (κ3) is 5.89. The van der Waals surface area contributed by atoms with Crippen LogP contribution in [0.3, 0.4) is 0 Å². The van der Waals surface area contributed by atoms with Crippen molar-refractivity contribution in [1.29, 1.82) is 0 Å². The van der Waals surface area contributed by atoms with Crippen molar-refractivity contribution in [1.82, 2.24) is 10.2 Å². The molecule has 0 aromatic heterocycles. The molecule has 2 N–H and O–H groups in total. The van der Waals surface area contributed by atoms with Crippen LogP contribution in [0, 0.1) is 10.1 Å². The highest BCUT2D eigenvalue weighted by molar-refractivity contribution is 7.80. The minimum Gasteiger partial charge on any atom is -0.361 e. The Morgan fingerprint density at radius 2 is 1.89 bits per heavy atom. The molecule has 2 aromatic rings. The third-order valence-corrected chi connectivity index (χ3v) is 4.88. The summed E-state index contributed by atoms with van der Waals surface area (Å²) in [7, 11) is 0. The van der Waals surface area contributed by atoms with E-state index in [1.54, 1.807) is 0 Å². The van der Waals surface area contributed by atoms with Gasteiger partial charge >= 0.3 is 0 Å². The molecule has 0 radical (unpaired) electrons. The summed E-state index contributed by atoms with van der Waals surface area (Å²) in [5.74, 6) is 0. The van der Waals surface area contributed by atoms with Gasteiger partial charge < -0.3 is 10.6 Å². The molecule has 0 amide bonds. The number of likely N-dealkylation sites (N-methyl/N-ethyl adjacent to an activating group) is 1. The maximum Gasteiger partial charge on any atom is 0.271 e. The van der Waals surface area contributed by atoms with Crippen molar-refractivity contribution in [2.75, 3.05) is 25.0 Å². The molecule has 1 atom stereocenters. The molecule has 27 heavy (non-hydrogen) atoms. The van der Waals surface area contributed by atoms with E-state index in [9.17, 15) is 10.1 Å². The van der Waals surface area contributed by atoms with Crippen LogP contribution < -0.4 is 10.6 Å². The summed E-state index contributed by atoms with van der Waals surface area (Å²) >= 11 is 11.5. The van der Waals surface area contributed by atoms with Gasteiger partial charge in [-0.15, -0.1) is 0 Å². The highest BCUT2D eigenvalue weighted by atomic mass is 35.5. The van der Waals surface area contributed by atoms with E-state index in [0.29, 0.717) is 22.4 Å². The van der Waals surface area contributed by atoms with Gasteiger partial charge in [-0.25, -0.2) is 0 Å². The molecule has 0 aliphatic carbocycles. The fraction of sp³-hybridized carbons (Fsp3) is 0.316. The van der Waals surface area contributed by atoms with E-state index in [0.717, 1.165) is 13.1 Å². The van der Waals surface area contributed by atoms with Crippen molar-refractivity contribution in [3.05, 3.63) is 69.2 Å². The number of nitro benzene ring substituents is 1. The first-order valence-electron chi connectivity index (χ1n) is 8.74. The highest BCUT2D eigenvalue weighted by Gasteiger charge is 2.18. The number of rotatable bonds is 8. The van der Waals surface area contributed by atoms with Crippen molar-refractivity contribution < 1.29 is 4.92 Å². The summed E-state index contributed by atoms with van der Waals surface area (Å²) in [5, 5.41) is 17.8. The van der Waals surface area contributed by atoms with Gasteiger partial charge in [-0.05, 0) is 36.9 Å². The van der Waals surface area contributed by atoms with Crippen LogP contribution >= 0.6 is 23.8 Å². The van der Waals surface area contributed by atoms with E-state index in [4.69, 9.17) is 23.8 Å². The lowest BCUT2D eigenvalue weighted by molar-refractivity contribution is -0.384. The normalized spacial score (nSPS) is 11.9. The molecule has 0 saturated heterocycles. The molecule has 0 spiro atoms. The molecule has 8 heteroatoms. The summed E-state index contributed by atoms with van der Waals surface area (Å²) in [6.45, 7) is 6.67. The van der Waals surface area contributed by atoms with Crippen molar-refractivity contribution in [3.63, 3.8) is 0 Å². The lowest BCUT2D eigenvalue weighted by Gasteiger charge is -2.30. The molecule has 0 saturated carbocycles. The van der Waals surface area contributed by atoms with Gasteiger partial charge in [-0.2, -0.15) is 0 Å². The number of anilines is 1. The van der Waals surface area contributed by atoms with E-state index in [1.807, 2.05) is 18.2 Å². The number of hydrogen-bond donors (Lipinski definition) is 2. The number of nitrogens with one attached hydrogen (secondary N) is 2. The summed E-state index contributed by atoms with van der Waals surface area (Å²) in [5.41, 5.74) is 1.56. The summed E-state index contributed by atoms with van der Waals surface area (Å²) < 4.78 is 0. The number of non-ortho nitro benzene ring substituents is 1. The minimum atomic E-state index is -0.468. The average Bonchev–Trinajstić information content (AvgIpc) is 2.67. The number of benzene rings is 2. The number of nitrogens with zero attached hydrogens (tertiary/aromatic N) is 2. The third-order valence-electron chi connectivity index (χ3n) is 4.30. The van der Waals surface area contributed by atoms with Crippen molar-refractivity contribution in [2.24, 2.45) is 0 Å². The van der Waals surface area contributed by atoms with Crippen LogP contribution in [0.5, 0.6) is 0 Å². The maximum atomic E-state index is 10.9. The van der Waals surface area contributed by atoms with Gasteiger partial charge in [0.25, 0.3) is 5.69 Å². The van der Waals surface area contributed by atoms with Gasteiger partial charge in [0.2, 0.25) is 0 Å². The first-order chi connectivity index (χ1) is 13.0. The van der Waals surface area contributed by atoms with Crippen LogP contribution in [0.15, 0.2) is 48.5 Å². The minimum absolute atomic E-state index is 0.0463. The Balaban J connectivity index is 2.08. The lowest BCUT2D eigenvalue weighted by Crippen LogP contribution is -2.39. The second-order valence-electron chi connectivity index (χ2n) is 5.90. The standard InChI is InChI=1S/C19H23ClN4O2S/c1-3-23(4-2)18(14-8-6-5-7-9-14)13-21-19(27)22-17-12-15(24(25)26)10-11-16(17)20/h5-12,18H,3-4,13H2,1-2H3,(H2,21,22,27)/t18-/m1/s1. The Morgan fingerprint density at radius 1 is 1.22 bits per heavy atom. The molecule has 144 valence electrons. The Kier molecular flexibility index (Phi) is 7.97. The first-order valence-corrected chi connectivity index (χ1v) is 9.52. The number of hydrogen-bond acceptors (Lipinski definition) is 4. The molecule has 6 nitrogen and oxygen atoms in total. The number of nitro groups is 1. The molecular formula is C19H23ClN4O2S. The summed E-state index contributed by atoms with van der Waals surface area (Å²) in [6.07, 6.45) is 0. The zero-order valence-corrected chi connectivity index (χ0v) is 16.9. The molecule has 0 bridgehead atoms. The number of halogens is 1. The Bertz CT molecular complexity index is 785. The summed E-state index contributed by atoms with van der Waals surface area (Å²) in [6, 6.07) is 14.6. The maximum absolute atomic E-state index is 10.9. The van der Waals surface area contributed by atoms with Gasteiger partial charge in [0.1, 0.15) is 0 Å². The molecule has 0 unspecified atom stereocenters. The average molecular weight is 407 g/mol. The van der Waals surface area contributed by atoms with Crippen molar-refractivity contribution in [2.45, 2.75) is 19.9 Å². The summed E-state index contributed by atoms with van der Waals surface area (Å²) in [4.78, 5) is 12.8. The topological polar surface area (TPSA) is 70.4 Å². The molecule has 0 aliphatic rings. The van der Waals surface area contributed by atoms with E-state index in [1.165, 1.54) is 23.8 Å². The SMILES string of the molecule is CCN(CC)[C@H](CNC(=S)Nc1cc([N+](=O)[O-])ccc1Cl)c1ccccc1. The van der Waals surface area contributed by atoms with E-state index in [-0.39, 0.29) is 11.7 Å². The van der Waals surface area contributed by atoms with Gasteiger partial charge in [-0.3, -0.25) is 15.0 Å². The zero-order chi connectivity index (χ0) is 19.8. The predicted molar refractivity (Wildman–Crippen MR) is 114 cm³/mol. The van der Waals surface area contributed by atoms with Crippen LogP contribution in [0.1, 0.15) is 25.5 Å². The van der Waals surface area contributed by atoms with Crippen molar-refractivity contribution in [3.8, 4) is 0 Å². The second-order valence-corrected chi connectivity index (χ2v) is 6.72. The van der Waals surface area contributed by atoms with Gasteiger partial charge in [-0.1, -0.05) is 55.8 Å². The van der Waals surface area contributed by atoms with Gasteiger partial charge in [0, 0.05) is 18.7 Å². The van der Waals surface area contributed by atoms with E-state index < -0.39 is 4.92 Å². The zero-order valence-electron chi connectivity index (χ0n) is 15.3. The van der Waals surface area contributed by atoms with Gasteiger partial charge in [0.15, 0.2) is 5.11 Å². The molecule has 2 rings (SSSR count). The van der Waals surface area contributed by atoms with Crippen LogP contribution in [-0.2, 0) is 0 Å². The van der Waals surface area contributed by atoms with Crippen LogP contribution in [-0.4, -0.2) is 34.6 Å². The highest BCUT2D eigenvalue weighted by Crippen LogP contribution is 2.26. The Hall–Kier alpha value is -2.22. The fourth-order valence-corrected chi connectivity index (χ4v) is 3.23. The second kappa shape index (κ2) is 10.2. The molecule has 0 aliphatic heterocycles. The van der Waals surface area contributed by atoms with E-state index >= 15 is 0 Å². The van der Waals surface area contributed by atoms with E-state index in [2.05, 4.69) is 41.5 Å². The van der Waals surface area contributed by atoms with Crippen LogP contribution in [0.2, 0.25) is 5.02 Å². The van der Waals surface area contributed by atoms with Gasteiger partial charge in [0.05, 0.1) is 21.7 Å². The first kappa shape index (κ1) is 21.1. The van der Waals surface area contributed by atoms with Crippen LogP contribution in [0.4, 0.5) is 11.4 Å². The molecule has 0 heterocycles. The van der Waals surface area contributed by atoms with Crippen LogP contribution in [0.25, 0.3) is 0 Å². The molecule has 0 fully saturated rings. The fourth-order valence-electron chi connectivity index (χ4n) is 2.88. The molecular weight excluding hydrogens is 384 g/mol. The predicted octanol–water partition coefficient (Wildman–Crippen LogP) is 4.62. The Morgan fingerprint density at radius 3 is 2.48 bits per heavy atom.